The van der Waals surface area contributed by atoms with E-state index >= 15 is 0 Å². The molecule has 1 aliphatic rings. The van der Waals surface area contributed by atoms with Crippen LogP contribution in [0.15, 0.2) is 30.3 Å². The molecule has 0 saturated carbocycles. The predicted molar refractivity (Wildman–Crippen MR) is 122 cm³/mol. The molecule has 1 atom stereocenters. The van der Waals surface area contributed by atoms with E-state index in [0.29, 0.717) is 35.1 Å². The van der Waals surface area contributed by atoms with Crippen molar-refractivity contribution in [1.82, 2.24) is 9.88 Å². The summed E-state index contributed by atoms with van der Waals surface area (Å²) < 4.78 is 25.2. The van der Waals surface area contributed by atoms with Crippen LogP contribution in [0.25, 0.3) is 0 Å². The average molecular weight is 482 g/mol. The highest BCUT2D eigenvalue weighted by atomic mass is 35.5. The highest BCUT2D eigenvalue weighted by Crippen LogP contribution is 2.27. The van der Waals surface area contributed by atoms with E-state index in [1.807, 2.05) is 4.90 Å². The van der Waals surface area contributed by atoms with Gasteiger partial charge in [0.25, 0.3) is 0 Å². The fourth-order valence-corrected chi connectivity index (χ4v) is 3.64. The number of carbonyl (C=O) groups is 1. The van der Waals surface area contributed by atoms with E-state index in [2.05, 4.69) is 4.98 Å². The number of aliphatic hydroxyl groups excluding tert-OH is 2. The second-order valence-electron chi connectivity index (χ2n) is 8.77. The van der Waals surface area contributed by atoms with Crippen molar-refractivity contribution in [1.29, 1.82) is 0 Å². The van der Waals surface area contributed by atoms with Crippen LogP contribution in [-0.4, -0.2) is 64.1 Å². The Morgan fingerprint density at radius 3 is 2.58 bits per heavy atom. The molecule has 0 spiro atoms. The summed E-state index contributed by atoms with van der Waals surface area (Å²) in [5.41, 5.74) is 0.251. The number of hydrogen-bond acceptors (Lipinski definition) is 7. The Morgan fingerprint density at radius 2 is 1.94 bits per heavy atom. The summed E-state index contributed by atoms with van der Waals surface area (Å²) in [6.45, 7) is 5.81. The van der Waals surface area contributed by atoms with Crippen molar-refractivity contribution in [2.24, 2.45) is 0 Å². The number of ether oxygens (including phenoxy) is 2. The zero-order chi connectivity index (χ0) is 24.2. The highest BCUT2D eigenvalue weighted by Gasteiger charge is 2.33. The molecule has 1 saturated heterocycles. The molecule has 2 N–H and O–H groups in total. The minimum Gasteiger partial charge on any atom is -0.473 e. The summed E-state index contributed by atoms with van der Waals surface area (Å²) in [6, 6.07) is 7.14. The van der Waals surface area contributed by atoms with Crippen molar-refractivity contribution >= 4 is 23.5 Å². The van der Waals surface area contributed by atoms with Gasteiger partial charge in [-0.15, -0.1) is 0 Å². The summed E-state index contributed by atoms with van der Waals surface area (Å²) >= 11 is 5.79. The van der Waals surface area contributed by atoms with Crippen LogP contribution >= 0.6 is 11.6 Å². The van der Waals surface area contributed by atoms with Crippen LogP contribution in [0.4, 0.5) is 15.0 Å². The first-order chi connectivity index (χ1) is 15.6. The van der Waals surface area contributed by atoms with Crippen molar-refractivity contribution in [3.8, 4) is 5.88 Å². The van der Waals surface area contributed by atoms with Gasteiger partial charge in [-0.2, -0.15) is 4.98 Å². The molecule has 1 aromatic carbocycles. The number of aromatic nitrogens is 1. The second kappa shape index (κ2) is 10.5. The molecule has 1 aliphatic heterocycles. The van der Waals surface area contributed by atoms with E-state index in [0.717, 1.165) is 0 Å². The minimum absolute atomic E-state index is 0.0518. The Kier molecular flexibility index (Phi) is 7.99. The molecule has 180 valence electrons. The van der Waals surface area contributed by atoms with Gasteiger partial charge < -0.3 is 29.5 Å². The van der Waals surface area contributed by atoms with Crippen LogP contribution in [0.1, 0.15) is 31.9 Å². The predicted octanol–water partition coefficient (Wildman–Crippen LogP) is 3.36. The van der Waals surface area contributed by atoms with Gasteiger partial charge in [-0.05, 0) is 39.0 Å². The number of pyridine rings is 1. The Balaban J connectivity index is 1.76. The first-order valence-corrected chi connectivity index (χ1v) is 11.0. The van der Waals surface area contributed by atoms with Gasteiger partial charge in [0.1, 0.15) is 23.8 Å². The van der Waals surface area contributed by atoms with Gasteiger partial charge in [-0.3, -0.25) is 0 Å². The van der Waals surface area contributed by atoms with Crippen LogP contribution in [-0.2, 0) is 18.0 Å². The number of hydrogen-bond donors (Lipinski definition) is 2. The molecule has 0 radical (unpaired) electrons. The molecular formula is C23H29ClFN3O5. The molecule has 0 bridgehead atoms. The first-order valence-electron chi connectivity index (χ1n) is 10.6. The lowest BCUT2D eigenvalue weighted by Crippen LogP contribution is -2.57. The van der Waals surface area contributed by atoms with Crippen molar-refractivity contribution in [2.45, 2.75) is 45.6 Å². The second-order valence-corrected chi connectivity index (χ2v) is 9.21. The zero-order valence-corrected chi connectivity index (χ0v) is 19.7. The van der Waals surface area contributed by atoms with Gasteiger partial charge in [0.15, 0.2) is 0 Å². The van der Waals surface area contributed by atoms with Gasteiger partial charge in [0.2, 0.25) is 5.88 Å². The summed E-state index contributed by atoms with van der Waals surface area (Å²) in [6.07, 6.45) is -0.446. The van der Waals surface area contributed by atoms with E-state index in [4.69, 9.17) is 21.1 Å². The van der Waals surface area contributed by atoms with Gasteiger partial charge in [-0.25, -0.2) is 9.18 Å². The standard InChI is InChI=1S/C23H29ClFN3O5/c1-23(2,3)33-22(31)27-8-9-28(18(11-27)13-30)21-15(12-29)5-7-20(26-21)32-14-16-4-6-17(24)10-19(16)25/h4-7,10,18,29-30H,8-9,11-14H2,1-3H3/t18-/m0/s1. The number of nitrogens with zero attached hydrogens (tertiary/aromatic N) is 3. The number of anilines is 1. The summed E-state index contributed by atoms with van der Waals surface area (Å²) in [7, 11) is 0. The Morgan fingerprint density at radius 1 is 1.21 bits per heavy atom. The number of amides is 1. The molecule has 2 aromatic rings. The third-order valence-electron chi connectivity index (χ3n) is 5.11. The number of benzene rings is 1. The van der Waals surface area contributed by atoms with E-state index in [-0.39, 0.29) is 32.2 Å². The van der Waals surface area contributed by atoms with Crippen LogP contribution in [0.3, 0.4) is 0 Å². The minimum atomic E-state index is -0.621. The third-order valence-corrected chi connectivity index (χ3v) is 5.34. The van der Waals surface area contributed by atoms with E-state index < -0.39 is 23.6 Å². The normalized spacial score (nSPS) is 16.6. The van der Waals surface area contributed by atoms with Crippen molar-refractivity contribution in [2.75, 3.05) is 31.1 Å². The van der Waals surface area contributed by atoms with Crippen molar-refractivity contribution in [3.05, 3.63) is 52.3 Å². The molecule has 2 heterocycles. The topological polar surface area (TPSA) is 95.4 Å². The largest absolute Gasteiger partial charge is 0.473 e. The van der Waals surface area contributed by atoms with E-state index in [1.54, 1.807) is 49.9 Å². The number of rotatable bonds is 6. The van der Waals surface area contributed by atoms with Crippen LogP contribution < -0.4 is 9.64 Å². The number of halogens is 2. The van der Waals surface area contributed by atoms with Gasteiger partial charge in [0.05, 0.1) is 19.3 Å². The maximum absolute atomic E-state index is 14.0. The SMILES string of the molecule is CC(C)(C)OC(=O)N1CCN(c2nc(OCc3ccc(Cl)cc3F)ccc2CO)[C@H](CO)C1. The molecule has 1 fully saturated rings. The summed E-state index contributed by atoms with van der Waals surface area (Å²) in [5, 5.41) is 20.1. The van der Waals surface area contributed by atoms with Gasteiger partial charge >= 0.3 is 6.09 Å². The lowest BCUT2D eigenvalue weighted by molar-refractivity contribution is 0.0196. The molecule has 33 heavy (non-hydrogen) atoms. The molecule has 1 amide bonds. The highest BCUT2D eigenvalue weighted by molar-refractivity contribution is 6.30. The molecule has 8 nitrogen and oxygen atoms in total. The molecule has 0 unspecified atom stereocenters. The first kappa shape index (κ1) is 25.0. The molecule has 0 aliphatic carbocycles. The molecule has 10 heteroatoms. The zero-order valence-electron chi connectivity index (χ0n) is 18.9. The molecule has 3 rings (SSSR count). The number of carbonyl (C=O) groups excluding carboxylic acids is 1. The molecule has 1 aromatic heterocycles. The van der Waals surface area contributed by atoms with Crippen molar-refractivity contribution in [3.63, 3.8) is 0 Å². The third kappa shape index (κ3) is 6.46. The lowest BCUT2D eigenvalue weighted by atomic mass is 10.1. The fraction of sp³-hybridized carbons (Fsp3) is 0.478. The molecular weight excluding hydrogens is 453 g/mol. The fourth-order valence-electron chi connectivity index (χ4n) is 3.49. The Hall–Kier alpha value is -2.62. The van der Waals surface area contributed by atoms with Crippen molar-refractivity contribution < 1.29 is 28.9 Å². The van der Waals surface area contributed by atoms with Gasteiger partial charge in [0, 0.05) is 41.9 Å². The summed E-state index contributed by atoms with van der Waals surface area (Å²) in [5.74, 6) is 0.200. The number of piperazine rings is 1. The summed E-state index contributed by atoms with van der Waals surface area (Å²) in [4.78, 5) is 20.3. The van der Waals surface area contributed by atoms with E-state index in [9.17, 15) is 19.4 Å². The Bertz CT molecular complexity index is 985. The van der Waals surface area contributed by atoms with Crippen LogP contribution in [0.2, 0.25) is 5.02 Å². The van der Waals surface area contributed by atoms with Gasteiger partial charge in [-0.1, -0.05) is 17.7 Å². The monoisotopic (exact) mass is 481 g/mol. The van der Waals surface area contributed by atoms with E-state index in [1.165, 1.54) is 6.07 Å². The average Bonchev–Trinajstić information content (AvgIpc) is 2.76. The maximum Gasteiger partial charge on any atom is 0.410 e. The quantitative estimate of drug-likeness (QED) is 0.653. The number of aliphatic hydroxyl groups is 2. The van der Waals surface area contributed by atoms with Crippen LogP contribution in [0, 0.1) is 5.82 Å². The smallest absolute Gasteiger partial charge is 0.410 e. The maximum atomic E-state index is 14.0. The van der Waals surface area contributed by atoms with Crippen LogP contribution in [0.5, 0.6) is 5.88 Å². The lowest BCUT2D eigenvalue weighted by Gasteiger charge is -2.42. The Labute approximate surface area is 197 Å².